The lowest BCUT2D eigenvalue weighted by Gasteiger charge is -2.11. The molecule has 0 unspecified atom stereocenters. The van der Waals surface area contributed by atoms with Crippen molar-refractivity contribution in [3.05, 3.63) is 35.4 Å². The van der Waals surface area contributed by atoms with E-state index in [1.165, 1.54) is 25.7 Å². The van der Waals surface area contributed by atoms with Crippen molar-refractivity contribution in [2.75, 3.05) is 6.54 Å². The minimum atomic E-state index is -3.30. The van der Waals surface area contributed by atoms with E-state index in [9.17, 15) is 8.42 Å². The zero-order valence-corrected chi connectivity index (χ0v) is 13.7. The third-order valence-corrected chi connectivity index (χ3v) is 5.51. The van der Waals surface area contributed by atoms with Crippen molar-refractivity contribution < 1.29 is 8.42 Å². The lowest BCUT2D eigenvalue weighted by molar-refractivity contribution is 0.495. The SMILES string of the molecule is NC(=S)c1cccc(CS(=O)(=O)NCCC2CCCC2)c1. The van der Waals surface area contributed by atoms with Crippen LogP contribution in [0.4, 0.5) is 0 Å². The molecule has 1 aliphatic rings. The molecular weight excluding hydrogens is 304 g/mol. The molecule has 1 saturated carbocycles. The van der Waals surface area contributed by atoms with Gasteiger partial charge in [-0.1, -0.05) is 56.1 Å². The van der Waals surface area contributed by atoms with Crippen molar-refractivity contribution in [2.24, 2.45) is 11.7 Å². The largest absolute Gasteiger partial charge is 0.389 e. The molecule has 0 bridgehead atoms. The maximum Gasteiger partial charge on any atom is 0.215 e. The van der Waals surface area contributed by atoms with Crippen LogP contribution >= 0.6 is 12.2 Å². The van der Waals surface area contributed by atoms with Crippen molar-refractivity contribution >= 4 is 27.2 Å². The first kappa shape index (κ1) is 16.4. The van der Waals surface area contributed by atoms with Crippen molar-refractivity contribution in [1.82, 2.24) is 4.72 Å². The molecule has 2 rings (SSSR count). The van der Waals surface area contributed by atoms with Gasteiger partial charge in [0.25, 0.3) is 0 Å². The first-order valence-corrected chi connectivity index (χ1v) is 9.38. The fourth-order valence-corrected chi connectivity index (χ4v) is 4.08. The normalized spacial score (nSPS) is 16.2. The molecule has 0 atom stereocenters. The Labute approximate surface area is 132 Å². The summed E-state index contributed by atoms with van der Waals surface area (Å²) in [5.74, 6) is 0.652. The fourth-order valence-electron chi connectivity index (χ4n) is 2.80. The smallest absolute Gasteiger partial charge is 0.215 e. The second-order valence-electron chi connectivity index (χ2n) is 5.66. The van der Waals surface area contributed by atoms with Crippen LogP contribution in [0.15, 0.2) is 24.3 Å². The lowest BCUT2D eigenvalue weighted by Crippen LogP contribution is -2.27. The average Bonchev–Trinajstić information content (AvgIpc) is 2.91. The fraction of sp³-hybridized carbons (Fsp3) is 0.533. The Kier molecular flexibility index (Phi) is 5.72. The summed E-state index contributed by atoms with van der Waals surface area (Å²) in [6.45, 7) is 0.530. The first-order chi connectivity index (χ1) is 9.96. The molecule has 0 saturated heterocycles. The van der Waals surface area contributed by atoms with Gasteiger partial charge in [-0.25, -0.2) is 13.1 Å². The van der Waals surface area contributed by atoms with Gasteiger partial charge in [-0.15, -0.1) is 0 Å². The Balaban J connectivity index is 1.87. The molecule has 1 aromatic carbocycles. The summed E-state index contributed by atoms with van der Waals surface area (Å²) in [4.78, 5) is 0.281. The maximum absolute atomic E-state index is 12.1. The van der Waals surface area contributed by atoms with E-state index < -0.39 is 10.0 Å². The van der Waals surface area contributed by atoms with Gasteiger partial charge in [-0.2, -0.15) is 0 Å². The highest BCUT2D eigenvalue weighted by Gasteiger charge is 2.17. The number of benzene rings is 1. The van der Waals surface area contributed by atoms with Crippen LogP contribution in [0.5, 0.6) is 0 Å². The molecule has 3 N–H and O–H groups in total. The molecule has 21 heavy (non-hydrogen) atoms. The Morgan fingerprint density at radius 2 is 2.05 bits per heavy atom. The van der Waals surface area contributed by atoms with E-state index in [1.54, 1.807) is 24.3 Å². The summed E-state index contributed by atoms with van der Waals surface area (Å²) >= 11 is 4.91. The summed E-state index contributed by atoms with van der Waals surface area (Å²) < 4.78 is 26.9. The summed E-state index contributed by atoms with van der Waals surface area (Å²) in [6.07, 6.45) is 5.97. The number of hydrogen-bond donors (Lipinski definition) is 2. The molecule has 1 aromatic rings. The van der Waals surface area contributed by atoms with Crippen LogP contribution in [0.3, 0.4) is 0 Å². The molecule has 1 fully saturated rings. The van der Waals surface area contributed by atoms with Gasteiger partial charge in [0.15, 0.2) is 0 Å². The van der Waals surface area contributed by atoms with Crippen LogP contribution in [0, 0.1) is 5.92 Å². The van der Waals surface area contributed by atoms with Crippen LogP contribution in [-0.4, -0.2) is 20.0 Å². The Hall–Kier alpha value is -0.980. The summed E-state index contributed by atoms with van der Waals surface area (Å²) in [6, 6.07) is 7.07. The highest BCUT2D eigenvalue weighted by atomic mass is 32.2. The van der Waals surface area contributed by atoms with E-state index in [4.69, 9.17) is 18.0 Å². The number of sulfonamides is 1. The molecule has 116 valence electrons. The van der Waals surface area contributed by atoms with E-state index in [0.29, 0.717) is 23.6 Å². The number of thiocarbonyl (C=S) groups is 1. The number of hydrogen-bond acceptors (Lipinski definition) is 3. The summed E-state index contributed by atoms with van der Waals surface area (Å²) in [5, 5.41) is 0. The van der Waals surface area contributed by atoms with E-state index >= 15 is 0 Å². The van der Waals surface area contributed by atoms with Crippen LogP contribution in [0.25, 0.3) is 0 Å². The number of nitrogens with two attached hydrogens (primary N) is 1. The molecule has 0 aliphatic heterocycles. The van der Waals surface area contributed by atoms with Crippen molar-refractivity contribution in [1.29, 1.82) is 0 Å². The van der Waals surface area contributed by atoms with E-state index in [2.05, 4.69) is 4.72 Å². The van der Waals surface area contributed by atoms with Crippen LogP contribution < -0.4 is 10.5 Å². The molecule has 0 heterocycles. The second-order valence-corrected chi connectivity index (χ2v) is 7.90. The van der Waals surface area contributed by atoms with Crippen molar-refractivity contribution in [3.8, 4) is 0 Å². The topological polar surface area (TPSA) is 72.2 Å². The van der Waals surface area contributed by atoms with Gasteiger partial charge < -0.3 is 5.73 Å². The quantitative estimate of drug-likeness (QED) is 0.754. The third kappa shape index (κ3) is 5.37. The van der Waals surface area contributed by atoms with Crippen LogP contribution in [0.1, 0.15) is 43.2 Å². The molecule has 4 nitrogen and oxygen atoms in total. The molecule has 0 aromatic heterocycles. The standard InChI is InChI=1S/C15H22N2O2S2/c16-15(20)14-7-3-6-13(10-14)11-21(18,19)17-9-8-12-4-1-2-5-12/h3,6-7,10,12,17H,1-2,4-5,8-9,11H2,(H2,16,20). The highest BCUT2D eigenvalue weighted by molar-refractivity contribution is 7.88. The van der Waals surface area contributed by atoms with Crippen molar-refractivity contribution in [3.63, 3.8) is 0 Å². The number of nitrogens with one attached hydrogen (secondary N) is 1. The summed E-state index contributed by atoms with van der Waals surface area (Å²) in [7, 11) is -3.30. The average molecular weight is 326 g/mol. The van der Waals surface area contributed by atoms with Gasteiger partial charge in [0.2, 0.25) is 10.0 Å². The van der Waals surface area contributed by atoms with Gasteiger partial charge >= 0.3 is 0 Å². The lowest BCUT2D eigenvalue weighted by atomic mass is 10.1. The zero-order valence-electron chi connectivity index (χ0n) is 12.0. The monoisotopic (exact) mass is 326 g/mol. The minimum absolute atomic E-state index is 0.0336. The van der Waals surface area contributed by atoms with Gasteiger partial charge in [-0.05, 0) is 24.0 Å². The van der Waals surface area contributed by atoms with E-state index in [0.717, 1.165) is 6.42 Å². The molecule has 1 aliphatic carbocycles. The zero-order chi connectivity index (χ0) is 15.3. The molecule has 6 heteroatoms. The Bertz CT molecular complexity index is 593. The molecule has 0 radical (unpaired) electrons. The van der Waals surface area contributed by atoms with Gasteiger partial charge in [0, 0.05) is 12.1 Å². The van der Waals surface area contributed by atoms with Gasteiger partial charge in [-0.3, -0.25) is 0 Å². The molecular formula is C15H22N2O2S2. The third-order valence-electron chi connectivity index (χ3n) is 3.92. The van der Waals surface area contributed by atoms with Gasteiger partial charge in [0.05, 0.1) is 5.75 Å². The maximum atomic E-state index is 12.1. The first-order valence-electron chi connectivity index (χ1n) is 7.32. The minimum Gasteiger partial charge on any atom is -0.389 e. The predicted octanol–water partition coefficient (Wildman–Crippen LogP) is 2.32. The predicted molar refractivity (Wildman–Crippen MR) is 89.5 cm³/mol. The van der Waals surface area contributed by atoms with Gasteiger partial charge in [0.1, 0.15) is 4.99 Å². The van der Waals surface area contributed by atoms with Crippen LogP contribution in [0.2, 0.25) is 0 Å². The number of rotatable bonds is 7. The highest BCUT2D eigenvalue weighted by Crippen LogP contribution is 2.27. The van der Waals surface area contributed by atoms with Crippen LogP contribution in [-0.2, 0) is 15.8 Å². The van der Waals surface area contributed by atoms with Crippen molar-refractivity contribution in [2.45, 2.75) is 37.9 Å². The Morgan fingerprint density at radius 1 is 1.33 bits per heavy atom. The second kappa shape index (κ2) is 7.33. The summed E-state index contributed by atoms with van der Waals surface area (Å²) in [5.41, 5.74) is 6.96. The molecule has 0 spiro atoms. The van der Waals surface area contributed by atoms with E-state index in [-0.39, 0.29) is 10.7 Å². The Morgan fingerprint density at radius 3 is 2.71 bits per heavy atom. The van der Waals surface area contributed by atoms with E-state index in [1.807, 2.05) is 0 Å². The molecule has 0 amide bonds.